The van der Waals surface area contributed by atoms with Gasteiger partial charge in [0.15, 0.2) is 0 Å². The van der Waals surface area contributed by atoms with E-state index in [-0.39, 0.29) is 12.4 Å². The molecule has 0 bridgehead atoms. The Kier molecular flexibility index (Phi) is 5.42. The molecule has 13 heavy (non-hydrogen) atoms. The molecule has 0 saturated heterocycles. The molecule has 0 aliphatic heterocycles. The summed E-state index contributed by atoms with van der Waals surface area (Å²) in [5, 5.41) is 8.35. The van der Waals surface area contributed by atoms with Crippen molar-refractivity contribution in [2.75, 3.05) is 0 Å². The highest BCUT2D eigenvalue weighted by atomic mass is 79.9. The van der Waals surface area contributed by atoms with E-state index in [0.717, 1.165) is 16.1 Å². The van der Waals surface area contributed by atoms with Crippen molar-refractivity contribution in [3.8, 4) is 0 Å². The molecule has 0 radical (unpaired) electrons. The molecule has 0 spiro atoms. The van der Waals surface area contributed by atoms with Gasteiger partial charge in [-0.2, -0.15) is 0 Å². The van der Waals surface area contributed by atoms with Crippen LogP contribution in [0.2, 0.25) is 0 Å². The Hall–Kier alpha value is -0.800. The lowest BCUT2D eigenvalue weighted by atomic mass is 10.2. The molecule has 0 unspecified atom stereocenters. The highest BCUT2D eigenvalue weighted by molar-refractivity contribution is 9.10. The molecule has 1 aromatic rings. The lowest BCUT2D eigenvalue weighted by Crippen LogP contribution is -3.00. The van der Waals surface area contributed by atoms with Crippen molar-refractivity contribution in [1.82, 2.24) is 0 Å². The van der Waals surface area contributed by atoms with Crippen molar-refractivity contribution in [3.05, 3.63) is 40.4 Å². The zero-order valence-electron chi connectivity index (χ0n) is 6.58. The molecule has 2 nitrogen and oxygen atoms in total. The number of halogens is 2. The molecule has 70 valence electrons. The number of hydrogen-bond donors (Lipinski definition) is 1. The lowest BCUT2D eigenvalue weighted by molar-refractivity contribution is -0.131. The van der Waals surface area contributed by atoms with Gasteiger partial charge in [0, 0.05) is 10.5 Å². The van der Waals surface area contributed by atoms with Crippen LogP contribution in [0.15, 0.2) is 34.8 Å². The number of carbonyl (C=O) groups is 1. The number of benzene rings is 1. The molecule has 1 N–H and O–H groups in total. The first-order valence-corrected chi connectivity index (χ1v) is 4.14. The SMILES string of the molecule is O=C(O)/C=C/c1cccc(Br)c1.[Cl-]. The lowest BCUT2D eigenvalue weighted by Gasteiger charge is -1.92. The van der Waals surface area contributed by atoms with Crippen molar-refractivity contribution in [2.24, 2.45) is 0 Å². The highest BCUT2D eigenvalue weighted by Crippen LogP contribution is 2.12. The minimum Gasteiger partial charge on any atom is -1.00 e. The first-order valence-electron chi connectivity index (χ1n) is 3.35. The molecular weight excluding hydrogens is 255 g/mol. The van der Waals surface area contributed by atoms with Crippen molar-refractivity contribution < 1.29 is 22.3 Å². The van der Waals surface area contributed by atoms with E-state index in [1.165, 1.54) is 0 Å². The maximum absolute atomic E-state index is 10.2. The molecule has 0 heterocycles. The molecule has 0 aliphatic rings. The Morgan fingerprint density at radius 2 is 2.15 bits per heavy atom. The summed E-state index contributed by atoms with van der Waals surface area (Å²) in [6.45, 7) is 0. The number of rotatable bonds is 2. The summed E-state index contributed by atoms with van der Waals surface area (Å²) in [6, 6.07) is 7.42. The van der Waals surface area contributed by atoms with Gasteiger partial charge in [-0.3, -0.25) is 0 Å². The van der Waals surface area contributed by atoms with Gasteiger partial charge in [-0.1, -0.05) is 28.1 Å². The Bertz CT molecular complexity index is 323. The fourth-order valence-electron chi connectivity index (χ4n) is 0.778. The molecule has 0 amide bonds. The summed E-state index contributed by atoms with van der Waals surface area (Å²) in [4.78, 5) is 10.2. The zero-order chi connectivity index (χ0) is 8.97. The highest BCUT2D eigenvalue weighted by Gasteiger charge is 1.89. The zero-order valence-corrected chi connectivity index (χ0v) is 8.92. The van der Waals surface area contributed by atoms with E-state index in [0.29, 0.717) is 0 Å². The predicted octanol–water partition coefficient (Wildman–Crippen LogP) is -0.449. The predicted molar refractivity (Wildman–Crippen MR) is 50.8 cm³/mol. The third kappa shape index (κ3) is 4.70. The van der Waals surface area contributed by atoms with Crippen LogP contribution in [0.1, 0.15) is 5.56 Å². The van der Waals surface area contributed by atoms with E-state index in [2.05, 4.69) is 15.9 Å². The standard InChI is InChI=1S/C9H7BrO2.ClH/c10-8-3-1-2-7(6-8)4-5-9(11)12;/h1-6H,(H,11,12);1H/p-1/b5-4+;. The maximum Gasteiger partial charge on any atom is 0.328 e. The molecule has 1 aromatic carbocycles. The molecule has 0 aliphatic carbocycles. The molecule has 1 rings (SSSR count). The summed E-state index contributed by atoms with van der Waals surface area (Å²) in [7, 11) is 0. The van der Waals surface area contributed by atoms with E-state index in [4.69, 9.17) is 5.11 Å². The van der Waals surface area contributed by atoms with Crippen LogP contribution < -0.4 is 12.4 Å². The normalized spacial score (nSPS) is 9.62. The number of hydrogen-bond acceptors (Lipinski definition) is 1. The van der Waals surface area contributed by atoms with Crippen LogP contribution in [0.5, 0.6) is 0 Å². The van der Waals surface area contributed by atoms with Crippen LogP contribution in [0.4, 0.5) is 0 Å². The molecular formula is C9H7BrClO2-. The van der Waals surface area contributed by atoms with Gasteiger partial charge in [0.2, 0.25) is 0 Å². The van der Waals surface area contributed by atoms with Gasteiger partial charge in [0.25, 0.3) is 0 Å². The average molecular weight is 263 g/mol. The average Bonchev–Trinajstić information content (AvgIpc) is 2.01. The van der Waals surface area contributed by atoms with Crippen molar-refractivity contribution >= 4 is 28.0 Å². The van der Waals surface area contributed by atoms with Crippen molar-refractivity contribution in [1.29, 1.82) is 0 Å². The molecule has 0 atom stereocenters. The number of carboxylic acids is 1. The monoisotopic (exact) mass is 261 g/mol. The Morgan fingerprint density at radius 1 is 1.46 bits per heavy atom. The van der Waals surface area contributed by atoms with E-state index in [1.807, 2.05) is 24.3 Å². The van der Waals surface area contributed by atoms with Crippen LogP contribution in [-0.4, -0.2) is 11.1 Å². The second-order valence-electron chi connectivity index (χ2n) is 2.23. The Labute approximate surface area is 90.8 Å². The number of aliphatic carboxylic acids is 1. The van der Waals surface area contributed by atoms with Crippen LogP contribution in [0.25, 0.3) is 6.08 Å². The largest absolute Gasteiger partial charge is 1.00 e. The minimum atomic E-state index is -0.935. The Morgan fingerprint density at radius 3 is 2.69 bits per heavy atom. The van der Waals surface area contributed by atoms with E-state index >= 15 is 0 Å². The maximum atomic E-state index is 10.2. The molecule has 0 saturated carbocycles. The van der Waals surface area contributed by atoms with Gasteiger partial charge in [-0.25, -0.2) is 4.79 Å². The summed E-state index contributed by atoms with van der Waals surface area (Å²) in [5.74, 6) is -0.935. The number of carboxylic acid groups (broad SMARTS) is 1. The summed E-state index contributed by atoms with van der Waals surface area (Å²) >= 11 is 3.29. The van der Waals surface area contributed by atoms with Gasteiger partial charge < -0.3 is 17.5 Å². The second-order valence-corrected chi connectivity index (χ2v) is 3.14. The molecule has 0 aromatic heterocycles. The van der Waals surface area contributed by atoms with Gasteiger partial charge >= 0.3 is 5.97 Å². The van der Waals surface area contributed by atoms with Crippen molar-refractivity contribution in [3.63, 3.8) is 0 Å². The van der Waals surface area contributed by atoms with Gasteiger partial charge in [0.1, 0.15) is 0 Å². The fourth-order valence-corrected chi connectivity index (χ4v) is 1.19. The van der Waals surface area contributed by atoms with E-state index < -0.39 is 5.97 Å². The minimum absolute atomic E-state index is 0. The van der Waals surface area contributed by atoms with Gasteiger partial charge in [-0.15, -0.1) is 0 Å². The van der Waals surface area contributed by atoms with Crippen LogP contribution in [0, 0.1) is 0 Å². The smallest absolute Gasteiger partial charge is 0.328 e. The molecule has 0 fully saturated rings. The fraction of sp³-hybridized carbons (Fsp3) is 0. The topological polar surface area (TPSA) is 37.3 Å². The van der Waals surface area contributed by atoms with E-state index in [1.54, 1.807) is 6.08 Å². The van der Waals surface area contributed by atoms with E-state index in [9.17, 15) is 4.79 Å². The first kappa shape index (κ1) is 12.2. The third-order valence-electron chi connectivity index (χ3n) is 1.27. The van der Waals surface area contributed by atoms with Crippen LogP contribution in [0.3, 0.4) is 0 Å². The van der Waals surface area contributed by atoms with Crippen LogP contribution >= 0.6 is 15.9 Å². The first-order chi connectivity index (χ1) is 5.68. The summed E-state index contributed by atoms with van der Waals surface area (Å²) in [5.41, 5.74) is 0.867. The molecule has 4 heteroatoms. The summed E-state index contributed by atoms with van der Waals surface area (Å²) in [6.07, 6.45) is 2.66. The third-order valence-corrected chi connectivity index (χ3v) is 1.76. The second kappa shape index (κ2) is 5.78. The quantitative estimate of drug-likeness (QED) is 0.733. The summed E-state index contributed by atoms with van der Waals surface area (Å²) < 4.78 is 0.940. The van der Waals surface area contributed by atoms with Gasteiger partial charge in [0.05, 0.1) is 0 Å². The van der Waals surface area contributed by atoms with Gasteiger partial charge in [-0.05, 0) is 23.8 Å². The van der Waals surface area contributed by atoms with Crippen molar-refractivity contribution in [2.45, 2.75) is 0 Å². The van der Waals surface area contributed by atoms with Crippen LogP contribution in [-0.2, 0) is 4.79 Å². The Balaban J connectivity index is 0.00000144.